The van der Waals surface area contributed by atoms with Crippen molar-refractivity contribution in [2.75, 3.05) is 7.11 Å². The summed E-state index contributed by atoms with van der Waals surface area (Å²) < 4.78 is 8.60. The zero-order valence-corrected chi connectivity index (χ0v) is 13.3. The van der Waals surface area contributed by atoms with Crippen LogP contribution in [0.3, 0.4) is 0 Å². The second-order valence-corrected chi connectivity index (χ2v) is 5.21. The Labute approximate surface area is 131 Å². The Hall–Kier alpha value is -2.48. The van der Waals surface area contributed by atoms with Crippen LogP contribution in [0.5, 0.6) is 5.75 Å². The minimum Gasteiger partial charge on any atom is -0.496 e. The summed E-state index contributed by atoms with van der Waals surface area (Å²) in [5.74, 6) is 1.17. The molecule has 0 unspecified atom stereocenters. The zero-order valence-electron chi connectivity index (χ0n) is 12.5. The monoisotopic (exact) mass is 317 g/mol. The molecule has 0 spiro atoms. The first kappa shape index (κ1) is 14.5. The van der Waals surface area contributed by atoms with Gasteiger partial charge in [-0.15, -0.1) is 5.10 Å². The lowest BCUT2D eigenvalue weighted by Crippen LogP contribution is -2.25. The fourth-order valence-electron chi connectivity index (χ4n) is 2.40. The van der Waals surface area contributed by atoms with Crippen LogP contribution < -0.4 is 10.3 Å². The number of hydrogen-bond donors (Lipinski definition) is 1. The van der Waals surface area contributed by atoms with E-state index in [2.05, 4.69) is 15.3 Å². The molecule has 0 amide bonds. The van der Waals surface area contributed by atoms with Crippen LogP contribution in [-0.2, 0) is 6.54 Å². The van der Waals surface area contributed by atoms with Gasteiger partial charge in [0.25, 0.3) is 11.3 Å². The number of ether oxygens (including phenoxy) is 1. The van der Waals surface area contributed by atoms with E-state index >= 15 is 0 Å². The predicted molar refractivity (Wildman–Crippen MR) is 84.8 cm³/mol. The van der Waals surface area contributed by atoms with Crippen LogP contribution in [0, 0.1) is 11.7 Å². The van der Waals surface area contributed by atoms with Gasteiger partial charge in [-0.25, -0.2) is 5.10 Å². The van der Waals surface area contributed by atoms with E-state index in [1.54, 1.807) is 7.11 Å². The highest BCUT2D eigenvalue weighted by molar-refractivity contribution is 7.71. The average Bonchev–Trinajstić information content (AvgIpc) is 2.87. The number of hydrogen-bond acceptors (Lipinski definition) is 5. The standard InChI is InChI=1S/C14H15N5O2S/c1-4-18-12(20)11(17-19-13(18)15-16-14(19)22)9-5-6-10(21-3)8(2)7-9/h5-7H,4H2,1-3H3,(H,16,22). The maximum Gasteiger partial charge on any atom is 0.281 e. The van der Waals surface area contributed by atoms with Gasteiger partial charge in [0.05, 0.1) is 7.11 Å². The number of aromatic amines is 1. The summed E-state index contributed by atoms with van der Waals surface area (Å²) in [6.07, 6.45) is 0. The number of nitrogens with zero attached hydrogens (tertiary/aromatic N) is 4. The van der Waals surface area contributed by atoms with Gasteiger partial charge in [0, 0.05) is 12.1 Å². The zero-order chi connectivity index (χ0) is 15.9. The molecule has 2 heterocycles. The van der Waals surface area contributed by atoms with Crippen LogP contribution in [0.2, 0.25) is 0 Å². The number of H-pyrrole nitrogens is 1. The molecule has 0 atom stereocenters. The Balaban J connectivity index is 2.33. The SMILES string of the molecule is CCn1c(=O)c(-c2ccc(OC)c(C)c2)nn2c(=S)[nH]nc12. The summed E-state index contributed by atoms with van der Waals surface area (Å²) in [5.41, 5.74) is 1.78. The van der Waals surface area contributed by atoms with E-state index in [0.29, 0.717) is 22.8 Å². The molecular weight excluding hydrogens is 302 g/mol. The number of aromatic nitrogens is 5. The highest BCUT2D eigenvalue weighted by Gasteiger charge is 2.15. The topological polar surface area (TPSA) is 77.2 Å². The molecule has 22 heavy (non-hydrogen) atoms. The number of nitrogens with one attached hydrogen (secondary N) is 1. The summed E-state index contributed by atoms with van der Waals surface area (Å²) >= 11 is 5.16. The van der Waals surface area contributed by atoms with Crippen molar-refractivity contribution >= 4 is 18.0 Å². The number of benzene rings is 1. The van der Waals surface area contributed by atoms with Crippen molar-refractivity contribution in [2.24, 2.45) is 0 Å². The van der Waals surface area contributed by atoms with Gasteiger partial charge in [-0.05, 0) is 49.8 Å². The Morgan fingerprint density at radius 2 is 2.18 bits per heavy atom. The quantitative estimate of drug-likeness (QED) is 0.747. The first-order valence-electron chi connectivity index (χ1n) is 6.80. The molecule has 7 nitrogen and oxygen atoms in total. The third-order valence-electron chi connectivity index (χ3n) is 3.51. The van der Waals surface area contributed by atoms with Gasteiger partial charge < -0.3 is 4.74 Å². The highest BCUT2D eigenvalue weighted by atomic mass is 32.1. The first-order chi connectivity index (χ1) is 10.6. The number of fused-ring (bicyclic) bond motifs is 1. The lowest BCUT2D eigenvalue weighted by Gasteiger charge is -2.09. The van der Waals surface area contributed by atoms with Crippen LogP contribution in [-0.4, -0.2) is 31.5 Å². The Morgan fingerprint density at radius 1 is 1.41 bits per heavy atom. The number of aryl methyl sites for hydroxylation is 2. The van der Waals surface area contributed by atoms with E-state index in [4.69, 9.17) is 17.0 Å². The molecule has 0 bridgehead atoms. The Kier molecular flexibility index (Phi) is 3.53. The summed E-state index contributed by atoms with van der Waals surface area (Å²) in [6, 6.07) is 5.50. The molecule has 1 aromatic carbocycles. The molecule has 3 aromatic rings. The van der Waals surface area contributed by atoms with Crippen molar-refractivity contribution in [3.8, 4) is 17.0 Å². The fraction of sp³-hybridized carbons (Fsp3) is 0.286. The lowest BCUT2D eigenvalue weighted by molar-refractivity contribution is 0.412. The van der Waals surface area contributed by atoms with Crippen LogP contribution >= 0.6 is 12.2 Å². The van der Waals surface area contributed by atoms with E-state index in [1.807, 2.05) is 32.0 Å². The molecule has 114 valence electrons. The van der Waals surface area contributed by atoms with Crippen molar-refractivity contribution in [1.29, 1.82) is 0 Å². The van der Waals surface area contributed by atoms with Gasteiger partial charge in [0.2, 0.25) is 4.77 Å². The van der Waals surface area contributed by atoms with Gasteiger partial charge in [-0.1, -0.05) is 0 Å². The maximum atomic E-state index is 12.7. The molecular formula is C14H15N5O2S. The van der Waals surface area contributed by atoms with E-state index in [-0.39, 0.29) is 5.56 Å². The van der Waals surface area contributed by atoms with Gasteiger partial charge >= 0.3 is 0 Å². The first-order valence-corrected chi connectivity index (χ1v) is 7.21. The summed E-state index contributed by atoms with van der Waals surface area (Å²) in [4.78, 5) is 12.7. The molecule has 0 aliphatic heterocycles. The largest absolute Gasteiger partial charge is 0.496 e. The molecule has 0 aliphatic rings. The Bertz CT molecular complexity index is 970. The van der Waals surface area contributed by atoms with Gasteiger partial charge in [-0.2, -0.15) is 9.61 Å². The minimum absolute atomic E-state index is 0.200. The van der Waals surface area contributed by atoms with Crippen molar-refractivity contribution in [1.82, 2.24) is 24.4 Å². The van der Waals surface area contributed by atoms with E-state index < -0.39 is 0 Å². The molecule has 1 N–H and O–H groups in total. The maximum absolute atomic E-state index is 12.7. The third-order valence-corrected chi connectivity index (χ3v) is 3.77. The van der Waals surface area contributed by atoms with E-state index in [0.717, 1.165) is 16.9 Å². The van der Waals surface area contributed by atoms with Crippen LogP contribution in [0.25, 0.3) is 17.0 Å². The van der Waals surface area contributed by atoms with Crippen molar-refractivity contribution in [2.45, 2.75) is 20.4 Å². The molecule has 0 radical (unpaired) electrons. The van der Waals surface area contributed by atoms with Gasteiger partial charge in [0.1, 0.15) is 5.75 Å². The van der Waals surface area contributed by atoms with Gasteiger partial charge in [-0.3, -0.25) is 9.36 Å². The van der Waals surface area contributed by atoms with E-state index in [1.165, 1.54) is 9.08 Å². The molecule has 3 rings (SSSR count). The normalized spacial score (nSPS) is 11.0. The second kappa shape index (κ2) is 5.38. The van der Waals surface area contributed by atoms with Crippen molar-refractivity contribution in [3.63, 3.8) is 0 Å². The minimum atomic E-state index is -0.200. The van der Waals surface area contributed by atoms with Gasteiger partial charge in [0.15, 0.2) is 5.69 Å². The fourth-order valence-corrected chi connectivity index (χ4v) is 2.57. The molecule has 0 saturated heterocycles. The van der Waals surface area contributed by atoms with Crippen LogP contribution in [0.1, 0.15) is 12.5 Å². The summed E-state index contributed by atoms with van der Waals surface area (Å²) in [7, 11) is 1.61. The number of methoxy groups -OCH3 is 1. The molecule has 0 fully saturated rings. The second-order valence-electron chi connectivity index (χ2n) is 4.82. The molecule has 2 aromatic heterocycles. The Morgan fingerprint density at radius 3 is 2.82 bits per heavy atom. The highest BCUT2D eigenvalue weighted by Crippen LogP contribution is 2.23. The van der Waals surface area contributed by atoms with Crippen LogP contribution in [0.15, 0.2) is 23.0 Å². The summed E-state index contributed by atoms with van der Waals surface area (Å²) in [5, 5.41) is 11.1. The molecule has 0 saturated carbocycles. The molecule has 0 aliphatic carbocycles. The smallest absolute Gasteiger partial charge is 0.281 e. The number of rotatable bonds is 3. The van der Waals surface area contributed by atoms with Crippen molar-refractivity contribution < 1.29 is 4.74 Å². The third kappa shape index (κ3) is 2.12. The average molecular weight is 317 g/mol. The lowest BCUT2D eigenvalue weighted by atomic mass is 10.1. The van der Waals surface area contributed by atoms with Crippen LogP contribution in [0.4, 0.5) is 0 Å². The van der Waals surface area contributed by atoms with Crippen molar-refractivity contribution in [3.05, 3.63) is 38.9 Å². The predicted octanol–water partition coefficient (Wildman–Crippen LogP) is 1.95. The molecule has 8 heteroatoms. The van der Waals surface area contributed by atoms with E-state index in [9.17, 15) is 4.79 Å². The summed E-state index contributed by atoms with van der Waals surface area (Å²) in [6.45, 7) is 4.28.